The quantitative estimate of drug-likeness (QED) is 0.338. The molecule has 0 saturated heterocycles. The first-order valence-electron chi connectivity index (χ1n) is 3.77. The van der Waals surface area contributed by atoms with Crippen LogP contribution < -0.4 is 0 Å². The summed E-state index contributed by atoms with van der Waals surface area (Å²) >= 11 is 0. The van der Waals surface area contributed by atoms with E-state index in [2.05, 4.69) is 6.58 Å². The average molecular weight is 160 g/mol. The highest BCUT2D eigenvalue weighted by molar-refractivity contribution is 4.65. The van der Waals surface area contributed by atoms with Gasteiger partial charge in [0.15, 0.2) is 6.29 Å². The molecule has 0 amide bonds. The second-order valence-corrected chi connectivity index (χ2v) is 2.41. The van der Waals surface area contributed by atoms with E-state index >= 15 is 0 Å². The van der Waals surface area contributed by atoms with Crippen LogP contribution in [0.2, 0.25) is 0 Å². The molecule has 0 fully saturated rings. The fraction of sp³-hybridized carbons (Fsp3) is 0.750. The zero-order chi connectivity index (χ0) is 8.69. The summed E-state index contributed by atoms with van der Waals surface area (Å²) in [6.07, 6.45) is 1.07. The Morgan fingerprint density at radius 1 is 1.55 bits per heavy atom. The SMILES string of the molecule is C=CCOCC(CC)C(O)O. The lowest BCUT2D eigenvalue weighted by Gasteiger charge is -2.15. The van der Waals surface area contributed by atoms with E-state index in [1.807, 2.05) is 6.92 Å². The van der Waals surface area contributed by atoms with Gasteiger partial charge in [0.2, 0.25) is 0 Å². The third-order valence-electron chi connectivity index (χ3n) is 1.51. The van der Waals surface area contributed by atoms with E-state index in [9.17, 15) is 0 Å². The zero-order valence-electron chi connectivity index (χ0n) is 6.86. The lowest BCUT2D eigenvalue weighted by Crippen LogP contribution is -2.23. The van der Waals surface area contributed by atoms with Gasteiger partial charge in [0.25, 0.3) is 0 Å². The van der Waals surface area contributed by atoms with Gasteiger partial charge >= 0.3 is 0 Å². The van der Waals surface area contributed by atoms with Crippen molar-refractivity contribution in [3.8, 4) is 0 Å². The van der Waals surface area contributed by atoms with E-state index in [0.717, 1.165) is 0 Å². The second-order valence-electron chi connectivity index (χ2n) is 2.41. The van der Waals surface area contributed by atoms with Crippen LogP contribution in [0.4, 0.5) is 0 Å². The molecule has 0 bridgehead atoms. The standard InChI is InChI=1S/C8H16O3/c1-3-5-11-6-7(4-2)8(9)10/h3,7-10H,1,4-6H2,2H3. The first kappa shape index (κ1) is 10.6. The molecule has 2 N–H and O–H groups in total. The van der Waals surface area contributed by atoms with Crippen molar-refractivity contribution in [1.82, 2.24) is 0 Å². The Bertz CT molecular complexity index is 102. The Morgan fingerprint density at radius 3 is 2.55 bits per heavy atom. The van der Waals surface area contributed by atoms with Gasteiger partial charge in [-0.1, -0.05) is 13.0 Å². The summed E-state index contributed by atoms with van der Waals surface area (Å²) in [5.41, 5.74) is 0. The van der Waals surface area contributed by atoms with Gasteiger partial charge in [0.1, 0.15) is 0 Å². The molecule has 0 spiro atoms. The van der Waals surface area contributed by atoms with E-state index in [-0.39, 0.29) is 5.92 Å². The normalized spacial score (nSPS) is 13.5. The predicted molar refractivity (Wildman–Crippen MR) is 43.0 cm³/mol. The molecule has 1 unspecified atom stereocenters. The van der Waals surface area contributed by atoms with Gasteiger partial charge in [0.05, 0.1) is 13.2 Å². The van der Waals surface area contributed by atoms with Crippen LogP contribution in [0.1, 0.15) is 13.3 Å². The maximum absolute atomic E-state index is 8.76. The van der Waals surface area contributed by atoms with Crippen LogP contribution >= 0.6 is 0 Å². The molecule has 3 nitrogen and oxygen atoms in total. The van der Waals surface area contributed by atoms with Gasteiger partial charge in [-0.25, -0.2) is 0 Å². The molecule has 11 heavy (non-hydrogen) atoms. The lowest BCUT2D eigenvalue weighted by molar-refractivity contribution is -0.103. The Hall–Kier alpha value is -0.380. The fourth-order valence-electron chi connectivity index (χ4n) is 0.717. The number of rotatable bonds is 6. The molecule has 1 atom stereocenters. The molecule has 0 radical (unpaired) electrons. The molecule has 0 rings (SSSR count). The van der Waals surface area contributed by atoms with Crippen molar-refractivity contribution in [2.75, 3.05) is 13.2 Å². The average Bonchev–Trinajstić information content (AvgIpc) is 1.97. The number of hydrogen-bond donors (Lipinski definition) is 2. The van der Waals surface area contributed by atoms with E-state index in [1.165, 1.54) is 0 Å². The highest BCUT2D eigenvalue weighted by Gasteiger charge is 2.13. The largest absolute Gasteiger partial charge is 0.377 e. The minimum Gasteiger partial charge on any atom is -0.377 e. The molecule has 0 aliphatic rings. The van der Waals surface area contributed by atoms with Crippen molar-refractivity contribution in [2.45, 2.75) is 19.6 Å². The van der Waals surface area contributed by atoms with Crippen molar-refractivity contribution in [3.63, 3.8) is 0 Å². The monoisotopic (exact) mass is 160 g/mol. The third-order valence-corrected chi connectivity index (χ3v) is 1.51. The van der Waals surface area contributed by atoms with Crippen molar-refractivity contribution in [2.24, 2.45) is 5.92 Å². The van der Waals surface area contributed by atoms with Crippen molar-refractivity contribution >= 4 is 0 Å². The highest BCUT2D eigenvalue weighted by Crippen LogP contribution is 2.06. The molecule has 0 aromatic rings. The molecular weight excluding hydrogens is 144 g/mol. The van der Waals surface area contributed by atoms with Gasteiger partial charge in [-0.2, -0.15) is 0 Å². The number of ether oxygens (including phenoxy) is 1. The minimum absolute atomic E-state index is 0.185. The molecule has 0 aromatic heterocycles. The summed E-state index contributed by atoms with van der Waals surface area (Å²) < 4.78 is 5.06. The maximum atomic E-state index is 8.76. The summed E-state index contributed by atoms with van der Waals surface area (Å²) in [5.74, 6) is -0.185. The summed E-state index contributed by atoms with van der Waals surface area (Å²) in [6, 6.07) is 0. The van der Waals surface area contributed by atoms with Crippen molar-refractivity contribution in [3.05, 3.63) is 12.7 Å². The Balaban J connectivity index is 3.43. The number of aliphatic hydroxyl groups excluding tert-OH is 1. The number of aliphatic hydroxyl groups is 2. The van der Waals surface area contributed by atoms with E-state index in [1.54, 1.807) is 6.08 Å². The molecule has 0 aromatic carbocycles. The minimum atomic E-state index is -1.27. The summed E-state index contributed by atoms with van der Waals surface area (Å²) in [4.78, 5) is 0. The van der Waals surface area contributed by atoms with Gasteiger partial charge < -0.3 is 14.9 Å². The lowest BCUT2D eigenvalue weighted by atomic mass is 10.1. The molecule has 0 aliphatic carbocycles. The van der Waals surface area contributed by atoms with Crippen LogP contribution in [-0.4, -0.2) is 29.7 Å². The predicted octanol–water partition coefficient (Wildman–Crippen LogP) is 0.526. The van der Waals surface area contributed by atoms with Crippen LogP contribution in [0.25, 0.3) is 0 Å². The second kappa shape index (κ2) is 6.34. The van der Waals surface area contributed by atoms with E-state index in [4.69, 9.17) is 14.9 Å². The summed E-state index contributed by atoms with van der Waals surface area (Å²) in [5, 5.41) is 17.5. The molecule has 0 saturated carbocycles. The Morgan fingerprint density at radius 2 is 2.18 bits per heavy atom. The smallest absolute Gasteiger partial charge is 0.156 e. The van der Waals surface area contributed by atoms with Crippen LogP contribution in [0.15, 0.2) is 12.7 Å². The molecule has 3 heteroatoms. The van der Waals surface area contributed by atoms with Crippen LogP contribution in [-0.2, 0) is 4.74 Å². The zero-order valence-corrected chi connectivity index (χ0v) is 6.86. The maximum Gasteiger partial charge on any atom is 0.156 e. The Kier molecular flexibility index (Phi) is 6.12. The van der Waals surface area contributed by atoms with Gasteiger partial charge in [0, 0.05) is 5.92 Å². The highest BCUT2D eigenvalue weighted by atomic mass is 16.5. The number of hydrogen-bond acceptors (Lipinski definition) is 3. The van der Waals surface area contributed by atoms with Crippen LogP contribution in [0.5, 0.6) is 0 Å². The van der Waals surface area contributed by atoms with E-state index in [0.29, 0.717) is 19.6 Å². The Labute approximate surface area is 67.3 Å². The topological polar surface area (TPSA) is 49.7 Å². The molecular formula is C8H16O3. The van der Waals surface area contributed by atoms with Crippen LogP contribution in [0.3, 0.4) is 0 Å². The van der Waals surface area contributed by atoms with Crippen molar-refractivity contribution < 1.29 is 14.9 Å². The molecule has 0 heterocycles. The summed E-state index contributed by atoms with van der Waals surface area (Å²) in [7, 11) is 0. The third kappa shape index (κ3) is 4.95. The van der Waals surface area contributed by atoms with Gasteiger partial charge in [-0.05, 0) is 6.42 Å². The first-order chi connectivity index (χ1) is 5.22. The first-order valence-corrected chi connectivity index (χ1v) is 3.77. The van der Waals surface area contributed by atoms with Crippen LogP contribution in [0, 0.1) is 5.92 Å². The van der Waals surface area contributed by atoms with Gasteiger partial charge in [-0.3, -0.25) is 0 Å². The van der Waals surface area contributed by atoms with E-state index < -0.39 is 6.29 Å². The van der Waals surface area contributed by atoms with Crippen molar-refractivity contribution in [1.29, 1.82) is 0 Å². The summed E-state index contributed by atoms with van der Waals surface area (Å²) in [6.45, 7) is 6.21. The fourth-order valence-corrected chi connectivity index (χ4v) is 0.717. The van der Waals surface area contributed by atoms with Gasteiger partial charge in [-0.15, -0.1) is 6.58 Å². The molecule has 0 aliphatic heterocycles. The molecule has 66 valence electrons.